The van der Waals surface area contributed by atoms with Gasteiger partial charge >= 0.3 is 0 Å². The van der Waals surface area contributed by atoms with Gasteiger partial charge in [0, 0.05) is 11.9 Å². The first-order chi connectivity index (χ1) is 15.5. The summed E-state index contributed by atoms with van der Waals surface area (Å²) in [6, 6.07) is 12.3. The minimum atomic E-state index is -0.342. The zero-order valence-corrected chi connectivity index (χ0v) is 20.1. The predicted octanol–water partition coefficient (Wildman–Crippen LogP) is 5.22. The Labute approximate surface area is 195 Å². The molecule has 0 aliphatic carbocycles. The van der Waals surface area contributed by atoms with Gasteiger partial charge in [0.2, 0.25) is 5.91 Å². The lowest BCUT2D eigenvalue weighted by Gasteiger charge is -2.13. The standard InChI is InChI=1S/C23H25N5O2S2/c1-5-28-20(12-30-19-11-10-17-8-6-7-9-18(17)15(19)3)26-27-23(28)32-16(4)21(29)25-22-24-14(2)13-31-22/h6-11,13,16H,5,12H2,1-4H3,(H,24,25,29). The van der Waals surface area contributed by atoms with Crippen LogP contribution >= 0.6 is 23.1 Å². The number of amides is 1. The maximum absolute atomic E-state index is 12.5. The van der Waals surface area contributed by atoms with Gasteiger partial charge in [0.25, 0.3) is 0 Å². The quantitative estimate of drug-likeness (QED) is 0.358. The van der Waals surface area contributed by atoms with Crippen LogP contribution in [-0.4, -0.2) is 30.9 Å². The highest BCUT2D eigenvalue weighted by Crippen LogP contribution is 2.28. The number of thiazole rings is 1. The highest BCUT2D eigenvalue weighted by atomic mass is 32.2. The Balaban J connectivity index is 1.43. The van der Waals surface area contributed by atoms with Crippen molar-refractivity contribution in [2.45, 2.75) is 51.3 Å². The molecule has 2 aromatic carbocycles. The number of benzene rings is 2. The van der Waals surface area contributed by atoms with Crippen molar-refractivity contribution in [1.82, 2.24) is 19.7 Å². The van der Waals surface area contributed by atoms with Gasteiger partial charge in [-0.15, -0.1) is 21.5 Å². The van der Waals surface area contributed by atoms with Gasteiger partial charge in [0.1, 0.15) is 12.4 Å². The van der Waals surface area contributed by atoms with Crippen LogP contribution in [0.2, 0.25) is 0 Å². The van der Waals surface area contributed by atoms with Crippen LogP contribution in [0.3, 0.4) is 0 Å². The molecule has 0 fully saturated rings. The molecule has 1 amide bonds. The number of ether oxygens (including phenoxy) is 1. The average molecular weight is 468 g/mol. The van der Waals surface area contributed by atoms with Gasteiger partial charge < -0.3 is 14.6 Å². The number of aromatic nitrogens is 4. The van der Waals surface area contributed by atoms with Crippen molar-refractivity contribution < 1.29 is 9.53 Å². The molecule has 166 valence electrons. The van der Waals surface area contributed by atoms with Crippen molar-refractivity contribution in [3.05, 3.63) is 58.9 Å². The van der Waals surface area contributed by atoms with E-state index in [-0.39, 0.29) is 11.2 Å². The maximum Gasteiger partial charge on any atom is 0.239 e. The number of nitrogens with zero attached hydrogens (tertiary/aromatic N) is 4. The van der Waals surface area contributed by atoms with Crippen molar-refractivity contribution in [2.75, 3.05) is 5.32 Å². The van der Waals surface area contributed by atoms with Crippen molar-refractivity contribution in [3.63, 3.8) is 0 Å². The summed E-state index contributed by atoms with van der Waals surface area (Å²) in [7, 11) is 0. The summed E-state index contributed by atoms with van der Waals surface area (Å²) in [5.74, 6) is 1.44. The minimum Gasteiger partial charge on any atom is -0.485 e. The predicted molar refractivity (Wildman–Crippen MR) is 130 cm³/mol. The lowest BCUT2D eigenvalue weighted by atomic mass is 10.0. The van der Waals surface area contributed by atoms with Gasteiger partial charge in [-0.3, -0.25) is 4.79 Å². The lowest BCUT2D eigenvalue weighted by molar-refractivity contribution is -0.115. The number of thioether (sulfide) groups is 1. The third-order valence-corrected chi connectivity index (χ3v) is 7.07. The molecule has 0 aliphatic rings. The van der Waals surface area contributed by atoms with Crippen LogP contribution in [0.1, 0.15) is 30.9 Å². The van der Waals surface area contributed by atoms with Gasteiger partial charge in [0.05, 0.1) is 10.9 Å². The van der Waals surface area contributed by atoms with Crippen LogP contribution in [0, 0.1) is 13.8 Å². The van der Waals surface area contributed by atoms with E-state index in [9.17, 15) is 4.79 Å². The molecular formula is C23H25N5O2S2. The molecule has 0 aliphatic heterocycles. The van der Waals surface area contributed by atoms with Gasteiger partial charge in [-0.1, -0.05) is 42.1 Å². The second-order valence-corrected chi connectivity index (χ2v) is 9.55. The summed E-state index contributed by atoms with van der Waals surface area (Å²) < 4.78 is 8.09. The molecule has 4 aromatic rings. The second kappa shape index (κ2) is 9.70. The highest BCUT2D eigenvalue weighted by Gasteiger charge is 2.21. The van der Waals surface area contributed by atoms with Crippen LogP contribution in [0.15, 0.2) is 46.9 Å². The molecule has 0 saturated heterocycles. The lowest BCUT2D eigenvalue weighted by Crippen LogP contribution is -2.23. The van der Waals surface area contributed by atoms with E-state index in [1.807, 2.05) is 48.9 Å². The SMILES string of the molecule is CCn1c(COc2ccc3ccccc3c2C)nnc1SC(C)C(=O)Nc1nc(C)cs1. The van der Waals surface area contributed by atoms with Gasteiger partial charge in [-0.25, -0.2) is 4.98 Å². The number of fused-ring (bicyclic) bond motifs is 1. The summed E-state index contributed by atoms with van der Waals surface area (Å²) in [5, 5.41) is 16.7. The first-order valence-corrected chi connectivity index (χ1v) is 12.1. The molecule has 0 saturated carbocycles. The Bertz CT molecular complexity index is 1250. The number of rotatable bonds is 8. The molecule has 2 heterocycles. The number of aryl methyl sites for hydroxylation is 2. The number of hydrogen-bond acceptors (Lipinski definition) is 7. The summed E-state index contributed by atoms with van der Waals surface area (Å²) >= 11 is 2.79. The number of anilines is 1. The molecular weight excluding hydrogens is 442 g/mol. The Morgan fingerprint density at radius 2 is 2.03 bits per heavy atom. The molecule has 4 rings (SSSR count). The van der Waals surface area contributed by atoms with Gasteiger partial charge in [-0.2, -0.15) is 0 Å². The van der Waals surface area contributed by atoms with E-state index in [4.69, 9.17) is 4.74 Å². The molecule has 0 radical (unpaired) electrons. The van der Waals surface area contributed by atoms with Crippen molar-refractivity contribution in [3.8, 4) is 5.75 Å². The molecule has 7 nitrogen and oxygen atoms in total. The first kappa shape index (κ1) is 22.3. The van der Waals surface area contributed by atoms with Crippen molar-refractivity contribution in [2.24, 2.45) is 0 Å². The Morgan fingerprint density at radius 1 is 1.22 bits per heavy atom. The summed E-state index contributed by atoms with van der Waals surface area (Å²) in [5.41, 5.74) is 1.99. The molecule has 32 heavy (non-hydrogen) atoms. The van der Waals surface area contributed by atoms with Crippen molar-refractivity contribution >= 4 is 44.9 Å². The molecule has 0 spiro atoms. The monoisotopic (exact) mass is 467 g/mol. The zero-order valence-electron chi connectivity index (χ0n) is 18.5. The van der Waals surface area contributed by atoms with E-state index >= 15 is 0 Å². The number of hydrogen-bond donors (Lipinski definition) is 1. The summed E-state index contributed by atoms with van der Waals surface area (Å²) in [6.07, 6.45) is 0. The van der Waals surface area contributed by atoms with E-state index in [0.717, 1.165) is 22.8 Å². The van der Waals surface area contributed by atoms with Crippen LogP contribution in [0.5, 0.6) is 5.75 Å². The zero-order chi connectivity index (χ0) is 22.7. The van der Waals surface area contributed by atoms with Crippen LogP contribution in [0.4, 0.5) is 5.13 Å². The molecule has 2 aromatic heterocycles. The second-order valence-electron chi connectivity index (χ2n) is 7.38. The summed E-state index contributed by atoms with van der Waals surface area (Å²) in [4.78, 5) is 16.8. The normalized spacial score (nSPS) is 12.1. The average Bonchev–Trinajstić information content (AvgIpc) is 3.38. The fourth-order valence-corrected chi connectivity index (χ4v) is 4.99. The van der Waals surface area contributed by atoms with Gasteiger partial charge in [0.15, 0.2) is 16.1 Å². The molecule has 1 N–H and O–H groups in total. The summed E-state index contributed by atoms with van der Waals surface area (Å²) in [6.45, 7) is 8.83. The smallest absolute Gasteiger partial charge is 0.239 e. The molecule has 1 atom stereocenters. The van der Waals surface area contributed by atoms with E-state index in [2.05, 4.69) is 45.6 Å². The molecule has 0 bridgehead atoms. The minimum absolute atomic E-state index is 0.111. The van der Waals surface area contributed by atoms with E-state index < -0.39 is 0 Å². The molecule has 1 unspecified atom stereocenters. The van der Waals surface area contributed by atoms with Crippen LogP contribution in [-0.2, 0) is 17.9 Å². The van der Waals surface area contributed by atoms with Gasteiger partial charge in [-0.05, 0) is 50.1 Å². The van der Waals surface area contributed by atoms with E-state index in [1.54, 1.807) is 0 Å². The topological polar surface area (TPSA) is 81.9 Å². The third-order valence-electron chi connectivity index (χ3n) is 5.12. The Hall–Kier alpha value is -2.91. The van der Waals surface area contributed by atoms with Crippen molar-refractivity contribution in [1.29, 1.82) is 0 Å². The number of nitrogens with one attached hydrogen (secondary N) is 1. The van der Waals surface area contributed by atoms with E-state index in [1.165, 1.54) is 33.9 Å². The fourth-order valence-electron chi connectivity index (χ4n) is 3.37. The Kier molecular flexibility index (Phi) is 6.76. The number of carbonyl (C=O) groups is 1. The highest BCUT2D eigenvalue weighted by molar-refractivity contribution is 8.00. The maximum atomic E-state index is 12.5. The number of carbonyl (C=O) groups excluding carboxylic acids is 1. The first-order valence-electron chi connectivity index (χ1n) is 10.4. The Morgan fingerprint density at radius 3 is 2.78 bits per heavy atom. The third kappa shape index (κ3) is 4.78. The van der Waals surface area contributed by atoms with E-state index in [0.29, 0.717) is 23.4 Å². The molecule has 9 heteroatoms. The van der Waals surface area contributed by atoms with Crippen LogP contribution < -0.4 is 10.1 Å². The fraction of sp³-hybridized carbons (Fsp3) is 0.304. The van der Waals surface area contributed by atoms with Crippen LogP contribution in [0.25, 0.3) is 10.8 Å². The largest absolute Gasteiger partial charge is 0.485 e.